The number of para-hydroxylation sites is 1. The van der Waals surface area contributed by atoms with E-state index in [0.29, 0.717) is 0 Å². The SMILES string of the molecule is [B]P(c1cccc2c1OC(C)(C)C2)C(C)(C)C. The zero-order valence-electron chi connectivity index (χ0n) is 11.4. The zero-order valence-corrected chi connectivity index (χ0v) is 12.3. The highest BCUT2D eigenvalue weighted by atomic mass is 31.1. The molecular formula is C14H20BOP. The molecule has 0 N–H and O–H groups in total. The fourth-order valence-electron chi connectivity index (χ4n) is 2.15. The number of ether oxygens (including phenoxy) is 1. The van der Waals surface area contributed by atoms with Crippen LogP contribution in [0.25, 0.3) is 0 Å². The molecule has 1 aromatic carbocycles. The summed E-state index contributed by atoms with van der Waals surface area (Å²) in [5.74, 6) is 1.04. The van der Waals surface area contributed by atoms with Crippen LogP contribution in [0, 0.1) is 0 Å². The maximum Gasteiger partial charge on any atom is 0.130 e. The van der Waals surface area contributed by atoms with Crippen LogP contribution in [0.2, 0.25) is 0 Å². The van der Waals surface area contributed by atoms with Crippen molar-refractivity contribution in [2.24, 2.45) is 0 Å². The van der Waals surface area contributed by atoms with Gasteiger partial charge in [0.1, 0.15) is 18.9 Å². The summed E-state index contributed by atoms with van der Waals surface area (Å²) in [7, 11) is 5.73. The van der Waals surface area contributed by atoms with Crippen molar-refractivity contribution in [2.75, 3.05) is 0 Å². The van der Waals surface area contributed by atoms with Crippen molar-refractivity contribution in [3.8, 4) is 5.75 Å². The molecule has 1 aliphatic rings. The topological polar surface area (TPSA) is 9.23 Å². The van der Waals surface area contributed by atoms with Gasteiger partial charge in [0, 0.05) is 11.7 Å². The van der Waals surface area contributed by atoms with E-state index >= 15 is 0 Å². The van der Waals surface area contributed by atoms with Gasteiger partial charge in [-0.15, -0.1) is 7.80 Å². The number of benzene rings is 1. The third-order valence-corrected chi connectivity index (χ3v) is 5.37. The van der Waals surface area contributed by atoms with Crippen LogP contribution in [0.3, 0.4) is 0 Å². The molecule has 0 bridgehead atoms. The van der Waals surface area contributed by atoms with Crippen molar-refractivity contribution in [1.29, 1.82) is 0 Å². The van der Waals surface area contributed by atoms with E-state index in [2.05, 4.69) is 52.8 Å². The maximum atomic E-state index is 6.42. The van der Waals surface area contributed by atoms with Gasteiger partial charge in [0.15, 0.2) is 0 Å². The van der Waals surface area contributed by atoms with Gasteiger partial charge in [0.25, 0.3) is 0 Å². The predicted molar refractivity (Wildman–Crippen MR) is 76.9 cm³/mol. The Kier molecular flexibility index (Phi) is 3.06. The van der Waals surface area contributed by atoms with E-state index in [0.717, 1.165) is 12.2 Å². The quantitative estimate of drug-likeness (QED) is 0.545. The normalized spacial score (nSPS) is 19.6. The molecule has 0 aliphatic carbocycles. The van der Waals surface area contributed by atoms with Crippen LogP contribution < -0.4 is 10.0 Å². The van der Waals surface area contributed by atoms with E-state index < -0.39 is 7.80 Å². The Morgan fingerprint density at radius 2 is 1.94 bits per heavy atom. The molecule has 0 aromatic heterocycles. The van der Waals surface area contributed by atoms with E-state index in [9.17, 15) is 0 Å². The lowest BCUT2D eigenvalue weighted by Crippen LogP contribution is -2.26. The van der Waals surface area contributed by atoms with Gasteiger partial charge in [-0.2, -0.15) is 0 Å². The molecule has 3 heteroatoms. The molecule has 0 amide bonds. The lowest BCUT2D eigenvalue weighted by atomic mass is 10.0. The lowest BCUT2D eigenvalue weighted by molar-refractivity contribution is 0.140. The zero-order chi connectivity index (χ0) is 12.8. The summed E-state index contributed by atoms with van der Waals surface area (Å²) in [5.41, 5.74) is 1.21. The molecule has 1 nitrogen and oxygen atoms in total. The van der Waals surface area contributed by atoms with Crippen LogP contribution in [-0.4, -0.2) is 18.3 Å². The van der Waals surface area contributed by atoms with Crippen LogP contribution in [0.5, 0.6) is 5.75 Å². The van der Waals surface area contributed by atoms with E-state index in [4.69, 9.17) is 12.3 Å². The second-order valence-electron chi connectivity index (χ2n) is 6.34. The Morgan fingerprint density at radius 3 is 2.53 bits per heavy atom. The third kappa shape index (κ3) is 2.52. The first-order chi connectivity index (χ1) is 7.71. The fourth-order valence-corrected chi connectivity index (χ4v) is 3.53. The number of hydrogen-bond acceptors (Lipinski definition) is 1. The molecule has 2 rings (SSSR count). The molecule has 1 atom stereocenters. The van der Waals surface area contributed by atoms with Gasteiger partial charge in [0.05, 0.1) is 0 Å². The fraction of sp³-hybridized carbons (Fsp3) is 0.571. The Balaban J connectivity index is 2.43. The van der Waals surface area contributed by atoms with E-state index in [1.165, 1.54) is 10.9 Å². The minimum Gasteiger partial charge on any atom is -0.487 e. The smallest absolute Gasteiger partial charge is 0.130 e. The summed E-state index contributed by atoms with van der Waals surface area (Å²) in [6.45, 7) is 10.8. The summed E-state index contributed by atoms with van der Waals surface area (Å²) in [5, 5.41) is 1.32. The van der Waals surface area contributed by atoms with Crippen LogP contribution in [0.15, 0.2) is 18.2 Å². The molecule has 0 saturated heterocycles. The average molecular weight is 246 g/mol. The lowest BCUT2D eigenvalue weighted by Gasteiger charge is -2.30. The van der Waals surface area contributed by atoms with Gasteiger partial charge in [-0.25, -0.2) is 0 Å². The van der Waals surface area contributed by atoms with Gasteiger partial charge < -0.3 is 4.74 Å². The summed E-state index contributed by atoms with van der Waals surface area (Å²) < 4.78 is 6.08. The Labute approximate surface area is 107 Å². The number of rotatable bonds is 1. The van der Waals surface area contributed by atoms with Crippen LogP contribution in [-0.2, 0) is 6.42 Å². The second-order valence-corrected chi connectivity index (χ2v) is 8.91. The molecule has 1 unspecified atom stereocenters. The van der Waals surface area contributed by atoms with Crippen molar-refractivity contribution in [2.45, 2.75) is 51.8 Å². The molecule has 1 heterocycles. The van der Waals surface area contributed by atoms with Crippen LogP contribution >= 0.6 is 7.80 Å². The van der Waals surface area contributed by atoms with E-state index in [1.807, 2.05) is 0 Å². The van der Waals surface area contributed by atoms with Crippen LogP contribution in [0.1, 0.15) is 40.2 Å². The number of hydrogen-bond donors (Lipinski definition) is 0. The van der Waals surface area contributed by atoms with Gasteiger partial charge in [0.2, 0.25) is 0 Å². The monoisotopic (exact) mass is 246 g/mol. The summed E-state index contributed by atoms with van der Waals surface area (Å²) in [4.78, 5) is 0. The first-order valence-corrected chi connectivity index (χ1v) is 7.48. The molecule has 0 spiro atoms. The summed E-state index contributed by atoms with van der Waals surface area (Å²) in [6, 6.07) is 6.38. The van der Waals surface area contributed by atoms with Gasteiger partial charge in [-0.1, -0.05) is 39.0 Å². The molecule has 1 aliphatic heterocycles. The van der Waals surface area contributed by atoms with Gasteiger partial charge in [-0.3, -0.25) is 0 Å². The standard InChI is InChI=1S/C14H20BOP/c1-13(2,3)17(15)11-8-6-7-10-9-14(4,5)16-12(10)11/h6-8H,9H2,1-5H3. The van der Waals surface area contributed by atoms with Gasteiger partial charge in [-0.05, 0) is 24.6 Å². The predicted octanol–water partition coefficient (Wildman–Crippen LogP) is 3.39. The maximum absolute atomic E-state index is 6.42. The molecular weight excluding hydrogens is 226 g/mol. The van der Waals surface area contributed by atoms with Gasteiger partial charge >= 0.3 is 0 Å². The second kappa shape index (κ2) is 4.02. The van der Waals surface area contributed by atoms with Crippen molar-refractivity contribution in [3.63, 3.8) is 0 Å². The molecule has 2 radical (unpaired) electrons. The Morgan fingerprint density at radius 1 is 1.29 bits per heavy atom. The largest absolute Gasteiger partial charge is 0.487 e. The molecule has 0 saturated carbocycles. The Hall–Kier alpha value is -0.485. The molecule has 90 valence electrons. The molecule has 17 heavy (non-hydrogen) atoms. The highest BCUT2D eigenvalue weighted by Gasteiger charge is 2.34. The van der Waals surface area contributed by atoms with Crippen molar-refractivity contribution in [3.05, 3.63) is 23.8 Å². The summed E-state index contributed by atoms with van der Waals surface area (Å²) in [6.07, 6.45) is 0.976. The van der Waals surface area contributed by atoms with Crippen molar-refractivity contribution in [1.82, 2.24) is 0 Å². The minimum absolute atomic E-state index is 0.0908. The van der Waals surface area contributed by atoms with E-state index in [-0.39, 0.29) is 10.8 Å². The van der Waals surface area contributed by atoms with E-state index in [1.54, 1.807) is 0 Å². The number of fused-ring (bicyclic) bond motifs is 1. The molecule has 1 aromatic rings. The first kappa shape index (κ1) is 13.0. The highest BCUT2D eigenvalue weighted by molar-refractivity contribution is 7.89. The Bertz CT molecular complexity index is 434. The van der Waals surface area contributed by atoms with Crippen LogP contribution in [0.4, 0.5) is 0 Å². The molecule has 0 fully saturated rings. The average Bonchev–Trinajstić information content (AvgIpc) is 2.48. The summed E-state index contributed by atoms with van der Waals surface area (Å²) >= 11 is 0. The van der Waals surface area contributed by atoms with Crippen molar-refractivity contribution >= 4 is 20.7 Å². The minimum atomic E-state index is -0.686. The third-order valence-electron chi connectivity index (χ3n) is 3.05. The first-order valence-electron chi connectivity index (χ1n) is 6.06. The van der Waals surface area contributed by atoms with Crippen molar-refractivity contribution < 1.29 is 4.74 Å². The highest BCUT2D eigenvalue weighted by Crippen LogP contribution is 2.48.